The van der Waals surface area contributed by atoms with Gasteiger partial charge in [0, 0.05) is 308 Å². The van der Waals surface area contributed by atoms with Gasteiger partial charge in [0.05, 0.1) is 5.60 Å². The van der Waals surface area contributed by atoms with Gasteiger partial charge in [-0.05, 0) is 180 Å². The highest BCUT2D eigenvalue weighted by Crippen LogP contribution is 2.25. The van der Waals surface area contributed by atoms with E-state index in [1.807, 2.05) is 48.6 Å². The van der Waals surface area contributed by atoms with Crippen LogP contribution in [0.2, 0.25) is 0 Å². The molecule has 5 heteroatoms. The van der Waals surface area contributed by atoms with Crippen molar-refractivity contribution in [3.8, 4) is 391 Å². The zero-order valence-electron chi connectivity index (χ0n) is 59.8. The van der Waals surface area contributed by atoms with E-state index in [0.29, 0.717) is 24.2 Å². The van der Waals surface area contributed by atoms with Crippen LogP contribution < -0.4 is 10.6 Å². The lowest BCUT2D eigenvalue weighted by atomic mass is 9.83. The monoisotopic (exact) mass is 1310 g/mol. The van der Waals surface area contributed by atoms with Crippen molar-refractivity contribution in [3.63, 3.8) is 0 Å². The number of hydrogen-bond donors (Lipinski definition) is 2. The lowest BCUT2D eigenvalue weighted by molar-refractivity contribution is -0.130. The van der Waals surface area contributed by atoms with Crippen LogP contribution in [-0.4, -0.2) is 36.5 Å². The molecule has 0 heterocycles. The van der Waals surface area contributed by atoms with E-state index in [2.05, 4.69) is 460 Å². The summed E-state index contributed by atoms with van der Waals surface area (Å²) in [6.45, 7) is 26.8. The molecule has 0 aliphatic heterocycles. The van der Waals surface area contributed by atoms with Gasteiger partial charge in [0.15, 0.2) is 0 Å². The van der Waals surface area contributed by atoms with Crippen molar-refractivity contribution in [1.29, 1.82) is 0 Å². The topological polar surface area (TPSA) is 67.4 Å². The van der Waals surface area contributed by atoms with Crippen molar-refractivity contribution in [2.75, 3.05) is 13.7 Å². The van der Waals surface area contributed by atoms with E-state index >= 15 is 0 Å². The molecule has 0 atom stereocenters. The highest BCUT2D eigenvalue weighted by molar-refractivity contribution is 5.83. The van der Waals surface area contributed by atoms with Crippen LogP contribution in [0.4, 0.5) is 0 Å². The summed E-state index contributed by atoms with van der Waals surface area (Å²) in [4.78, 5) is 23.3. The Bertz CT molecular complexity index is 5390. The van der Waals surface area contributed by atoms with Gasteiger partial charge in [0.1, 0.15) is 12.4 Å². The molecule has 1 aromatic rings. The molecule has 0 aromatic heterocycles. The van der Waals surface area contributed by atoms with Crippen LogP contribution in [0.5, 0.6) is 0 Å². The molecule has 1 rings (SSSR count). The number of amides is 1. The van der Waals surface area contributed by atoms with Crippen LogP contribution in [0.15, 0.2) is 24.3 Å². The number of nitrogens with one attached hydrogen (secondary N) is 2. The molecule has 1 aromatic carbocycles. The lowest BCUT2D eigenvalue weighted by Gasteiger charge is -2.25. The van der Waals surface area contributed by atoms with Crippen LogP contribution in [0.25, 0.3) is 0 Å². The fourth-order valence-electron chi connectivity index (χ4n) is 4.97. The van der Waals surface area contributed by atoms with Crippen LogP contribution in [-0.2, 0) is 27.3 Å². The van der Waals surface area contributed by atoms with Gasteiger partial charge in [-0.25, -0.2) is 0 Å². The van der Waals surface area contributed by atoms with Gasteiger partial charge < -0.3 is 15.4 Å². The van der Waals surface area contributed by atoms with Gasteiger partial charge in [-0.1, -0.05) is 84.1 Å². The first-order valence-electron chi connectivity index (χ1n) is 30.3. The molecule has 480 valence electrons. The largest absolute Gasteiger partial charge is 0.366 e. The second-order valence-electron chi connectivity index (χ2n) is 21.5. The predicted octanol–water partition coefficient (Wildman–Crippen LogP) is 7.61. The summed E-state index contributed by atoms with van der Waals surface area (Å²) in [5, 5.41) is 6.08. The Labute approximate surface area is 617 Å². The molecule has 0 spiro atoms. The average molecular weight is 1310 g/mol. The van der Waals surface area contributed by atoms with Gasteiger partial charge in [-0.15, -0.1) is 0 Å². The van der Waals surface area contributed by atoms with Crippen molar-refractivity contribution in [2.24, 2.45) is 10.8 Å². The van der Waals surface area contributed by atoms with Crippen LogP contribution in [0.3, 0.4) is 0 Å². The van der Waals surface area contributed by atoms with Crippen molar-refractivity contribution in [1.82, 2.24) is 10.6 Å². The van der Waals surface area contributed by atoms with Gasteiger partial charge >= 0.3 is 0 Å². The molecule has 0 saturated carbocycles. The molecule has 0 bridgehead atoms. The van der Waals surface area contributed by atoms with Gasteiger partial charge in [-0.3, -0.25) is 9.59 Å². The van der Waals surface area contributed by atoms with E-state index in [1.165, 1.54) is 12.0 Å². The van der Waals surface area contributed by atoms with E-state index in [1.54, 1.807) is 13.8 Å². The third kappa shape index (κ3) is 69.9. The van der Waals surface area contributed by atoms with Gasteiger partial charge in [0.2, 0.25) is 5.91 Å². The second-order valence-corrected chi connectivity index (χ2v) is 21.5. The quantitative estimate of drug-likeness (QED) is 0.224. The zero-order valence-corrected chi connectivity index (χ0v) is 59.8. The molecule has 0 saturated heterocycles. The summed E-state index contributed by atoms with van der Waals surface area (Å²) in [5.74, 6) is 166. The van der Waals surface area contributed by atoms with Crippen LogP contribution in [0.1, 0.15) is 120 Å². The number of ether oxygens (including phenoxy) is 1. The summed E-state index contributed by atoms with van der Waals surface area (Å²) in [6, 6.07) is 8.49. The Balaban J connectivity index is 0. The van der Waals surface area contributed by atoms with E-state index in [9.17, 15) is 9.59 Å². The summed E-state index contributed by atoms with van der Waals surface area (Å²) >= 11 is 0. The number of Topliss-reactive ketones (excluding diaryl/α,β-unsaturated/α-hetero) is 1. The number of benzene rings is 1. The maximum atomic E-state index is 11.7. The average Bonchev–Trinajstić information content (AvgIpc) is 0.891. The maximum Gasteiger partial charge on any atom is 0.246 e. The standard InChI is InChI=1S/C68H6.C19H31NO2.C11H23NO/c1-3-5-7-9-11-13-15-17-19-21-23-25-27-29-31-33-35-37-39-41-43-45-47-49-51-53-55-57-59-61-63-65-67-68-66-64-62-60-58-56-54-52-50-48-46-44-42-40-38-36-34-32-30-28-26-24-22-20-18-16-14-12-10-8-6-4-2;1-7-19(5,6)12-15-8-10-16(11-9-15)13-20-17(21)14-22-18(2,3)4;1-10(2,3)9(13)7-8-11(4,5)12-6/h1-2H3;8-11H,7,12-14H2,1-6H3,(H,20,21);12H,7-8H2,1-6H3. The van der Waals surface area contributed by atoms with E-state index in [-0.39, 0.29) is 29.1 Å². The van der Waals surface area contributed by atoms with Crippen LogP contribution >= 0.6 is 0 Å². The number of carbonyl (C=O) groups is 2. The number of hydrogen-bond acceptors (Lipinski definition) is 4. The van der Waals surface area contributed by atoms with Crippen molar-refractivity contribution in [2.45, 2.75) is 133 Å². The first-order valence-corrected chi connectivity index (χ1v) is 30.3. The smallest absolute Gasteiger partial charge is 0.246 e. The highest BCUT2D eigenvalue weighted by atomic mass is 16.5. The Morgan fingerprint density at radius 2 is 0.534 bits per heavy atom. The molecule has 5 nitrogen and oxygen atoms in total. The second kappa shape index (κ2) is 63.2. The summed E-state index contributed by atoms with van der Waals surface area (Å²) in [6.07, 6.45) is 3.81. The lowest BCUT2D eigenvalue weighted by Crippen LogP contribution is -2.37. The first-order chi connectivity index (χ1) is 49.7. The van der Waals surface area contributed by atoms with Crippen molar-refractivity contribution >= 4 is 11.7 Å². The summed E-state index contributed by atoms with van der Waals surface area (Å²) in [7, 11) is 1.93. The maximum absolute atomic E-state index is 11.7. The molecule has 1 amide bonds. The molecule has 0 unspecified atom stereocenters. The van der Waals surface area contributed by atoms with Crippen molar-refractivity contribution in [3.05, 3.63) is 35.4 Å². The molecule has 0 aliphatic rings. The first kappa shape index (κ1) is 88.8. The Hall–Kier alpha value is -16.2. The molecular formula is C98H60N2O3. The third-order valence-electron chi connectivity index (χ3n) is 10.5. The minimum absolute atomic E-state index is 0.0703. The number of carbonyl (C=O) groups excluding carboxylic acids is 2. The summed E-state index contributed by atoms with van der Waals surface area (Å²) in [5.41, 5.74) is 2.38. The molecule has 2 N–H and O–H groups in total. The molecular weight excluding hydrogens is 1250 g/mol. The Kier molecular flexibility index (Phi) is 54.5. The predicted molar refractivity (Wildman–Crippen MR) is 417 cm³/mol. The van der Waals surface area contributed by atoms with E-state index in [4.69, 9.17) is 4.74 Å². The number of ketones is 1. The van der Waals surface area contributed by atoms with E-state index in [0.717, 1.165) is 18.4 Å². The normalized spacial score (nSPS) is 6.89. The minimum atomic E-state index is -0.287. The molecule has 0 fully saturated rings. The van der Waals surface area contributed by atoms with Crippen molar-refractivity contribution < 1.29 is 14.3 Å². The fraction of sp³-hybridized carbons (Fsp3) is 0.245. The molecule has 0 radical (unpaired) electrons. The molecule has 103 heavy (non-hydrogen) atoms. The highest BCUT2D eigenvalue weighted by Gasteiger charge is 2.24. The molecule has 0 aliphatic carbocycles. The Morgan fingerprint density at radius 1 is 0.330 bits per heavy atom. The van der Waals surface area contributed by atoms with Gasteiger partial charge in [-0.2, -0.15) is 0 Å². The Morgan fingerprint density at radius 3 is 0.709 bits per heavy atom. The van der Waals surface area contributed by atoms with E-state index < -0.39 is 0 Å². The zero-order chi connectivity index (χ0) is 76.2. The number of rotatable bonds is 11. The van der Waals surface area contributed by atoms with Crippen LogP contribution in [0, 0.1) is 402 Å². The minimum Gasteiger partial charge on any atom is -0.366 e. The summed E-state index contributed by atoms with van der Waals surface area (Å²) < 4.78 is 5.45. The SMILES string of the molecule is CC#CC#CC#CC#CC#CC#CC#CC#CC#CC#CC#CC#CC#CC#CC#CC#CC#CC#CC#CC#CC#CC#CC#CC#CC#CC#CC#CC#CC#CC#CC#CC#CC#CC.CCC(C)(C)Cc1ccc(CNC(=O)COC(C)(C)C)cc1.CNC(C)(C)CCC(=O)C(C)(C)C. The van der Waals surface area contributed by atoms with Gasteiger partial charge in [0.25, 0.3) is 0 Å². The third-order valence-corrected chi connectivity index (χ3v) is 10.5. The fourth-order valence-corrected chi connectivity index (χ4v) is 4.97.